The standard InChI is InChI=1S/C10H8N4O/c11-5-7-1-3-8(4-2-7)10-13-9(6-12)15-14-10/h1-4H,6,12H2. The lowest BCUT2D eigenvalue weighted by Crippen LogP contribution is -1.95. The van der Waals surface area contributed by atoms with E-state index in [1.54, 1.807) is 24.3 Å². The van der Waals surface area contributed by atoms with E-state index in [0.717, 1.165) is 5.56 Å². The van der Waals surface area contributed by atoms with Gasteiger partial charge in [-0.2, -0.15) is 10.2 Å². The highest BCUT2D eigenvalue weighted by atomic mass is 16.5. The van der Waals surface area contributed by atoms with Crippen LogP contribution in [-0.4, -0.2) is 10.1 Å². The van der Waals surface area contributed by atoms with Gasteiger partial charge in [-0.3, -0.25) is 0 Å². The highest BCUT2D eigenvalue weighted by molar-refractivity contribution is 5.55. The third-order valence-corrected chi connectivity index (χ3v) is 1.91. The van der Waals surface area contributed by atoms with Gasteiger partial charge in [0.05, 0.1) is 18.2 Å². The van der Waals surface area contributed by atoms with Crippen LogP contribution in [0.4, 0.5) is 0 Å². The summed E-state index contributed by atoms with van der Waals surface area (Å²) in [5.74, 6) is 0.884. The fraction of sp³-hybridized carbons (Fsp3) is 0.100. The third kappa shape index (κ3) is 1.85. The molecule has 0 bridgehead atoms. The molecule has 0 radical (unpaired) electrons. The van der Waals surface area contributed by atoms with Gasteiger partial charge in [0.1, 0.15) is 0 Å². The van der Waals surface area contributed by atoms with Crippen molar-refractivity contribution in [2.45, 2.75) is 6.54 Å². The summed E-state index contributed by atoms with van der Waals surface area (Å²) >= 11 is 0. The zero-order valence-corrected chi connectivity index (χ0v) is 7.84. The number of nitrogens with two attached hydrogens (primary N) is 1. The second-order valence-corrected chi connectivity index (χ2v) is 2.91. The van der Waals surface area contributed by atoms with Crippen molar-refractivity contribution in [1.82, 2.24) is 10.1 Å². The average molecular weight is 200 g/mol. The first-order valence-electron chi connectivity index (χ1n) is 4.36. The van der Waals surface area contributed by atoms with Crippen LogP contribution in [0, 0.1) is 11.3 Å². The van der Waals surface area contributed by atoms with Gasteiger partial charge in [0, 0.05) is 5.56 Å². The van der Waals surface area contributed by atoms with E-state index < -0.39 is 0 Å². The molecule has 5 nitrogen and oxygen atoms in total. The highest BCUT2D eigenvalue weighted by Crippen LogP contribution is 2.15. The third-order valence-electron chi connectivity index (χ3n) is 1.91. The Morgan fingerprint density at radius 1 is 1.33 bits per heavy atom. The molecule has 2 aromatic rings. The van der Waals surface area contributed by atoms with E-state index in [0.29, 0.717) is 17.3 Å². The second-order valence-electron chi connectivity index (χ2n) is 2.91. The first kappa shape index (κ1) is 9.37. The second kappa shape index (κ2) is 3.90. The molecule has 0 aliphatic carbocycles. The topological polar surface area (TPSA) is 88.7 Å². The van der Waals surface area contributed by atoms with Crippen molar-refractivity contribution >= 4 is 0 Å². The quantitative estimate of drug-likeness (QED) is 0.783. The van der Waals surface area contributed by atoms with Crippen LogP contribution >= 0.6 is 0 Å². The molecule has 0 unspecified atom stereocenters. The molecule has 0 amide bonds. The highest BCUT2D eigenvalue weighted by Gasteiger charge is 2.06. The molecule has 0 atom stereocenters. The molecule has 0 spiro atoms. The molecular weight excluding hydrogens is 192 g/mol. The summed E-state index contributed by atoms with van der Waals surface area (Å²) in [4.78, 5) is 4.07. The lowest BCUT2D eigenvalue weighted by Gasteiger charge is -1.92. The Bertz CT molecular complexity index is 495. The summed E-state index contributed by atoms with van der Waals surface area (Å²) in [5.41, 5.74) is 6.75. The molecule has 0 aliphatic heterocycles. The van der Waals surface area contributed by atoms with Crippen LogP contribution in [0.2, 0.25) is 0 Å². The van der Waals surface area contributed by atoms with Crippen LogP contribution in [0.1, 0.15) is 11.5 Å². The van der Waals surface area contributed by atoms with E-state index in [-0.39, 0.29) is 6.54 Å². The Morgan fingerprint density at radius 3 is 2.60 bits per heavy atom. The fourth-order valence-corrected chi connectivity index (χ4v) is 1.15. The molecule has 15 heavy (non-hydrogen) atoms. The minimum absolute atomic E-state index is 0.225. The number of nitriles is 1. The summed E-state index contributed by atoms with van der Waals surface area (Å²) in [6, 6.07) is 8.98. The number of rotatable bonds is 2. The van der Waals surface area contributed by atoms with Gasteiger partial charge in [-0.15, -0.1) is 0 Å². The van der Waals surface area contributed by atoms with Crippen molar-refractivity contribution in [2.75, 3.05) is 0 Å². The lowest BCUT2D eigenvalue weighted by molar-refractivity contribution is 0.380. The summed E-state index contributed by atoms with van der Waals surface area (Å²) in [6.07, 6.45) is 0. The van der Waals surface area contributed by atoms with E-state index in [4.69, 9.17) is 15.5 Å². The van der Waals surface area contributed by atoms with Gasteiger partial charge in [0.25, 0.3) is 0 Å². The van der Waals surface area contributed by atoms with Crippen molar-refractivity contribution < 1.29 is 4.52 Å². The molecule has 1 heterocycles. The normalized spacial score (nSPS) is 9.87. The lowest BCUT2D eigenvalue weighted by atomic mass is 10.1. The molecule has 0 fully saturated rings. The van der Waals surface area contributed by atoms with E-state index in [9.17, 15) is 0 Å². The summed E-state index contributed by atoms with van der Waals surface area (Å²) in [5, 5.41) is 12.4. The van der Waals surface area contributed by atoms with Gasteiger partial charge < -0.3 is 10.3 Å². The Hall–Kier alpha value is -2.19. The Balaban J connectivity index is 2.33. The minimum atomic E-state index is 0.225. The largest absolute Gasteiger partial charge is 0.338 e. The van der Waals surface area contributed by atoms with Gasteiger partial charge >= 0.3 is 0 Å². The average Bonchev–Trinajstić information content (AvgIpc) is 2.78. The van der Waals surface area contributed by atoms with Gasteiger partial charge in [-0.25, -0.2) is 0 Å². The van der Waals surface area contributed by atoms with Gasteiger partial charge in [-0.1, -0.05) is 5.16 Å². The van der Waals surface area contributed by atoms with Crippen LogP contribution in [0.3, 0.4) is 0 Å². The smallest absolute Gasteiger partial charge is 0.240 e. The van der Waals surface area contributed by atoms with Crippen LogP contribution in [0.25, 0.3) is 11.4 Å². The zero-order chi connectivity index (χ0) is 10.7. The molecule has 2 rings (SSSR count). The van der Waals surface area contributed by atoms with Crippen LogP contribution in [-0.2, 0) is 6.54 Å². The monoisotopic (exact) mass is 200 g/mol. The predicted octanol–water partition coefficient (Wildman–Crippen LogP) is 1.07. The Morgan fingerprint density at radius 2 is 2.07 bits per heavy atom. The summed E-state index contributed by atoms with van der Waals surface area (Å²) < 4.78 is 4.87. The Kier molecular flexibility index (Phi) is 2.44. The van der Waals surface area contributed by atoms with Crippen molar-refractivity contribution in [3.63, 3.8) is 0 Å². The van der Waals surface area contributed by atoms with Crippen molar-refractivity contribution in [3.8, 4) is 17.5 Å². The first-order chi connectivity index (χ1) is 7.33. The fourth-order valence-electron chi connectivity index (χ4n) is 1.15. The number of aromatic nitrogens is 2. The van der Waals surface area contributed by atoms with E-state index in [1.165, 1.54) is 0 Å². The molecule has 2 N–H and O–H groups in total. The number of benzene rings is 1. The zero-order valence-electron chi connectivity index (χ0n) is 7.84. The molecule has 5 heteroatoms. The SMILES string of the molecule is N#Cc1ccc(-c2noc(CN)n2)cc1. The number of hydrogen-bond donors (Lipinski definition) is 1. The van der Waals surface area contributed by atoms with Crippen LogP contribution in [0.5, 0.6) is 0 Å². The molecule has 0 saturated heterocycles. The molecule has 1 aromatic heterocycles. The van der Waals surface area contributed by atoms with Gasteiger partial charge in [0.15, 0.2) is 0 Å². The van der Waals surface area contributed by atoms with E-state index >= 15 is 0 Å². The maximum absolute atomic E-state index is 8.62. The van der Waals surface area contributed by atoms with Gasteiger partial charge in [0.2, 0.25) is 11.7 Å². The van der Waals surface area contributed by atoms with Crippen LogP contribution < -0.4 is 5.73 Å². The summed E-state index contributed by atoms with van der Waals surface area (Å²) in [7, 11) is 0. The van der Waals surface area contributed by atoms with Crippen molar-refractivity contribution in [2.24, 2.45) is 5.73 Å². The summed E-state index contributed by atoms with van der Waals surface area (Å²) in [6.45, 7) is 0.225. The maximum atomic E-state index is 8.62. The van der Waals surface area contributed by atoms with Crippen molar-refractivity contribution in [1.29, 1.82) is 5.26 Å². The predicted molar refractivity (Wildman–Crippen MR) is 52.3 cm³/mol. The van der Waals surface area contributed by atoms with Gasteiger partial charge in [-0.05, 0) is 24.3 Å². The molecule has 0 saturated carbocycles. The number of nitrogens with zero attached hydrogens (tertiary/aromatic N) is 3. The molecule has 74 valence electrons. The van der Waals surface area contributed by atoms with Crippen molar-refractivity contribution in [3.05, 3.63) is 35.7 Å². The number of hydrogen-bond acceptors (Lipinski definition) is 5. The molecule has 1 aromatic carbocycles. The maximum Gasteiger partial charge on any atom is 0.240 e. The minimum Gasteiger partial charge on any atom is -0.338 e. The first-order valence-corrected chi connectivity index (χ1v) is 4.36. The van der Waals surface area contributed by atoms with E-state index in [1.807, 2.05) is 6.07 Å². The molecule has 0 aliphatic rings. The molecular formula is C10H8N4O. The van der Waals surface area contributed by atoms with E-state index in [2.05, 4.69) is 10.1 Å². The van der Waals surface area contributed by atoms with Crippen LogP contribution in [0.15, 0.2) is 28.8 Å². The Labute approximate surface area is 86.1 Å².